The van der Waals surface area contributed by atoms with E-state index in [9.17, 15) is 9.59 Å². The van der Waals surface area contributed by atoms with Crippen molar-refractivity contribution in [3.63, 3.8) is 0 Å². The molecular weight excluding hydrogens is 172 g/mol. The van der Waals surface area contributed by atoms with Crippen LogP contribution in [-0.2, 0) is 11.3 Å². The van der Waals surface area contributed by atoms with E-state index in [2.05, 4.69) is 4.98 Å². The lowest BCUT2D eigenvalue weighted by molar-refractivity contribution is -0.131. The quantitative estimate of drug-likeness (QED) is 0.658. The summed E-state index contributed by atoms with van der Waals surface area (Å²) in [6.07, 6.45) is 5.11. The zero-order chi connectivity index (χ0) is 9.68. The Morgan fingerprint density at radius 1 is 1.69 bits per heavy atom. The maximum atomic E-state index is 11.0. The number of aliphatic carboxylic acids is 1. The minimum Gasteiger partial charge on any atom is -0.478 e. The van der Waals surface area contributed by atoms with Crippen LogP contribution in [0.3, 0.4) is 0 Å². The highest BCUT2D eigenvalue weighted by molar-refractivity contribution is 5.79. The molecule has 0 radical (unpaired) electrons. The largest absolute Gasteiger partial charge is 0.478 e. The van der Waals surface area contributed by atoms with Crippen LogP contribution in [0.25, 0.3) is 0 Å². The minimum absolute atomic E-state index is 0.204. The van der Waals surface area contributed by atoms with Gasteiger partial charge in [0, 0.05) is 24.9 Å². The van der Waals surface area contributed by atoms with E-state index in [1.807, 2.05) is 0 Å². The monoisotopic (exact) mass is 180 g/mol. The SMILES string of the molecule is O=C(O)C=CCn1cnccc1=O. The van der Waals surface area contributed by atoms with Crippen LogP contribution in [0.4, 0.5) is 0 Å². The molecule has 1 rings (SSSR count). The molecule has 1 aromatic rings. The maximum absolute atomic E-state index is 11.0. The third-order valence-electron chi connectivity index (χ3n) is 1.35. The minimum atomic E-state index is -1.03. The van der Waals surface area contributed by atoms with E-state index in [1.54, 1.807) is 0 Å². The van der Waals surface area contributed by atoms with Crippen LogP contribution < -0.4 is 5.56 Å². The molecule has 5 heteroatoms. The molecule has 5 nitrogen and oxygen atoms in total. The fourth-order valence-corrected chi connectivity index (χ4v) is 0.783. The molecule has 0 fully saturated rings. The second kappa shape index (κ2) is 4.20. The van der Waals surface area contributed by atoms with Crippen molar-refractivity contribution in [2.24, 2.45) is 0 Å². The number of hydrogen-bond acceptors (Lipinski definition) is 3. The second-order valence-electron chi connectivity index (χ2n) is 2.31. The van der Waals surface area contributed by atoms with Crippen LogP contribution >= 0.6 is 0 Å². The van der Waals surface area contributed by atoms with E-state index in [1.165, 1.54) is 29.2 Å². The fraction of sp³-hybridized carbons (Fsp3) is 0.125. The normalized spacial score (nSPS) is 10.5. The molecule has 0 saturated heterocycles. The van der Waals surface area contributed by atoms with Gasteiger partial charge in [0.2, 0.25) is 0 Å². The number of rotatable bonds is 3. The van der Waals surface area contributed by atoms with Crippen molar-refractivity contribution in [3.05, 3.63) is 41.1 Å². The van der Waals surface area contributed by atoms with Crippen LogP contribution in [0.1, 0.15) is 0 Å². The van der Waals surface area contributed by atoms with E-state index < -0.39 is 5.97 Å². The highest BCUT2D eigenvalue weighted by Gasteiger charge is 1.90. The van der Waals surface area contributed by atoms with Crippen molar-refractivity contribution in [1.29, 1.82) is 0 Å². The van der Waals surface area contributed by atoms with Crippen molar-refractivity contribution >= 4 is 5.97 Å². The van der Waals surface area contributed by atoms with Gasteiger partial charge in [-0.15, -0.1) is 0 Å². The van der Waals surface area contributed by atoms with Gasteiger partial charge >= 0.3 is 5.97 Å². The number of allylic oxidation sites excluding steroid dienone is 1. The Kier molecular flexibility index (Phi) is 2.97. The average Bonchev–Trinajstić information content (AvgIpc) is 2.08. The predicted molar refractivity (Wildman–Crippen MR) is 45.3 cm³/mol. The molecule has 0 unspecified atom stereocenters. The van der Waals surface area contributed by atoms with Gasteiger partial charge in [0.1, 0.15) is 0 Å². The average molecular weight is 180 g/mol. The number of nitrogens with zero attached hydrogens (tertiary/aromatic N) is 2. The van der Waals surface area contributed by atoms with E-state index >= 15 is 0 Å². The van der Waals surface area contributed by atoms with Crippen LogP contribution in [0.15, 0.2) is 35.5 Å². The first-order valence-corrected chi connectivity index (χ1v) is 3.60. The van der Waals surface area contributed by atoms with Gasteiger partial charge in [0.05, 0.1) is 6.33 Å². The molecule has 1 aromatic heterocycles. The Hall–Kier alpha value is -1.91. The summed E-state index contributed by atoms with van der Waals surface area (Å²) < 4.78 is 1.30. The third-order valence-corrected chi connectivity index (χ3v) is 1.35. The maximum Gasteiger partial charge on any atom is 0.328 e. The first-order valence-electron chi connectivity index (χ1n) is 3.60. The third kappa shape index (κ3) is 2.90. The molecule has 1 heterocycles. The van der Waals surface area contributed by atoms with Crippen LogP contribution in [-0.4, -0.2) is 20.6 Å². The predicted octanol–water partition coefficient (Wildman–Crippen LogP) is -0.116. The molecule has 1 N–H and O–H groups in total. The molecule has 0 bridgehead atoms. The lowest BCUT2D eigenvalue weighted by Crippen LogP contribution is -2.17. The van der Waals surface area contributed by atoms with Crippen molar-refractivity contribution in [3.8, 4) is 0 Å². The molecular formula is C8H8N2O3. The number of hydrogen-bond donors (Lipinski definition) is 1. The standard InChI is InChI=1S/C8H8N2O3/c11-7-3-4-9-6-10(7)5-1-2-8(12)13/h1-4,6H,5H2,(H,12,13). The first-order chi connectivity index (χ1) is 6.20. The Morgan fingerprint density at radius 3 is 3.08 bits per heavy atom. The number of carboxylic acids is 1. The summed E-state index contributed by atoms with van der Waals surface area (Å²) >= 11 is 0. The van der Waals surface area contributed by atoms with Gasteiger partial charge in [-0.1, -0.05) is 6.08 Å². The van der Waals surface area contributed by atoms with E-state index in [4.69, 9.17) is 5.11 Å². The fourth-order valence-electron chi connectivity index (χ4n) is 0.783. The topological polar surface area (TPSA) is 72.2 Å². The molecule has 0 aliphatic rings. The highest BCUT2D eigenvalue weighted by Crippen LogP contribution is 1.80. The molecule has 0 amide bonds. The number of aromatic nitrogens is 2. The van der Waals surface area contributed by atoms with Crippen LogP contribution in [0.5, 0.6) is 0 Å². The number of carbonyl (C=O) groups is 1. The summed E-state index contributed by atoms with van der Waals surface area (Å²) in [4.78, 5) is 24.8. The van der Waals surface area contributed by atoms with Crippen molar-refractivity contribution in [2.75, 3.05) is 0 Å². The lowest BCUT2D eigenvalue weighted by Gasteiger charge is -1.97. The van der Waals surface area contributed by atoms with Gasteiger partial charge in [0.15, 0.2) is 0 Å². The summed E-state index contributed by atoms with van der Waals surface area (Å²) in [7, 11) is 0. The van der Waals surface area contributed by atoms with Crippen molar-refractivity contribution in [2.45, 2.75) is 6.54 Å². The molecule has 0 saturated carbocycles. The lowest BCUT2D eigenvalue weighted by atomic mass is 10.5. The highest BCUT2D eigenvalue weighted by atomic mass is 16.4. The summed E-state index contributed by atoms with van der Waals surface area (Å²) in [5, 5.41) is 8.27. The molecule has 0 spiro atoms. The van der Waals surface area contributed by atoms with Gasteiger partial charge in [-0.25, -0.2) is 9.78 Å². The van der Waals surface area contributed by atoms with Crippen molar-refractivity contribution in [1.82, 2.24) is 9.55 Å². The summed E-state index contributed by atoms with van der Waals surface area (Å²) in [5.74, 6) is -1.03. The summed E-state index contributed by atoms with van der Waals surface area (Å²) in [5.41, 5.74) is -0.204. The number of carboxylic acid groups (broad SMARTS) is 1. The van der Waals surface area contributed by atoms with E-state index in [0.717, 1.165) is 6.08 Å². The summed E-state index contributed by atoms with van der Waals surface area (Å²) in [6, 6.07) is 1.31. The second-order valence-corrected chi connectivity index (χ2v) is 2.31. The van der Waals surface area contributed by atoms with Gasteiger partial charge in [0.25, 0.3) is 5.56 Å². The molecule has 0 aliphatic heterocycles. The Morgan fingerprint density at radius 2 is 2.46 bits per heavy atom. The zero-order valence-corrected chi connectivity index (χ0v) is 6.75. The van der Waals surface area contributed by atoms with Gasteiger partial charge in [-0.2, -0.15) is 0 Å². The smallest absolute Gasteiger partial charge is 0.328 e. The molecule has 0 aliphatic carbocycles. The Labute approximate surface area is 74.0 Å². The van der Waals surface area contributed by atoms with Crippen LogP contribution in [0, 0.1) is 0 Å². The van der Waals surface area contributed by atoms with Gasteiger partial charge in [-0.3, -0.25) is 9.36 Å². The molecule has 68 valence electrons. The zero-order valence-electron chi connectivity index (χ0n) is 6.75. The van der Waals surface area contributed by atoms with E-state index in [0.29, 0.717) is 0 Å². The van der Waals surface area contributed by atoms with Crippen LogP contribution in [0.2, 0.25) is 0 Å². The van der Waals surface area contributed by atoms with Gasteiger partial charge < -0.3 is 5.11 Å². The van der Waals surface area contributed by atoms with Crippen molar-refractivity contribution < 1.29 is 9.90 Å². The molecule has 0 atom stereocenters. The Bertz CT molecular complexity index is 381. The summed E-state index contributed by atoms with van der Waals surface area (Å²) in [6.45, 7) is 0.221. The van der Waals surface area contributed by atoms with Gasteiger partial charge in [-0.05, 0) is 0 Å². The van der Waals surface area contributed by atoms with E-state index in [-0.39, 0.29) is 12.1 Å². The molecule has 0 aromatic carbocycles. The molecule has 13 heavy (non-hydrogen) atoms. The first kappa shape index (κ1) is 9.18. The Balaban J connectivity index is 2.70.